The van der Waals surface area contributed by atoms with Crippen LogP contribution in [0.3, 0.4) is 0 Å². The van der Waals surface area contributed by atoms with Crippen LogP contribution >= 0.6 is 0 Å². The normalized spacial score (nSPS) is 34.9. The molecule has 2 aliphatic rings. The van der Waals surface area contributed by atoms with Gasteiger partial charge in [0.05, 0.1) is 0 Å². The van der Waals surface area contributed by atoms with E-state index in [0.717, 1.165) is 17.8 Å². The van der Waals surface area contributed by atoms with Crippen molar-refractivity contribution in [2.45, 2.75) is 58.3 Å². The Hall–Kier alpha value is 0.623. The minimum absolute atomic E-state index is 0. The van der Waals surface area contributed by atoms with Crippen molar-refractivity contribution in [3.05, 3.63) is 6.42 Å². The van der Waals surface area contributed by atoms with Gasteiger partial charge in [-0.05, 0) is 30.6 Å². The summed E-state index contributed by atoms with van der Waals surface area (Å²) < 4.78 is 0. The van der Waals surface area contributed by atoms with E-state index in [-0.39, 0.29) is 19.5 Å². The summed E-state index contributed by atoms with van der Waals surface area (Å²) in [6, 6.07) is 0. The minimum Gasteiger partial charge on any atom is -0.328 e. The first-order valence-electron chi connectivity index (χ1n) is 6.18. The summed E-state index contributed by atoms with van der Waals surface area (Å²) in [7, 11) is 0. The second-order valence-corrected chi connectivity index (χ2v) is 5.22. The van der Waals surface area contributed by atoms with Crippen molar-refractivity contribution in [3.63, 3.8) is 0 Å². The number of rotatable bonds is 1. The van der Waals surface area contributed by atoms with Crippen molar-refractivity contribution in [1.29, 1.82) is 0 Å². The van der Waals surface area contributed by atoms with Crippen molar-refractivity contribution < 1.29 is 19.5 Å². The van der Waals surface area contributed by atoms with E-state index < -0.39 is 0 Å². The van der Waals surface area contributed by atoms with E-state index in [9.17, 15) is 0 Å². The fraction of sp³-hybridized carbons (Fsp3) is 0.923. The summed E-state index contributed by atoms with van der Waals surface area (Å²) in [6.07, 6.45) is 14.4. The average Bonchev–Trinajstić information content (AvgIpc) is 2.20. The molecule has 14 heavy (non-hydrogen) atoms. The summed E-state index contributed by atoms with van der Waals surface area (Å²) in [5.74, 6) is 3.22. The second-order valence-electron chi connectivity index (χ2n) is 5.22. The SMILES string of the molecule is CC1CCC(C2CC[CH-]CC2)CC1.[Zn]. The van der Waals surface area contributed by atoms with Crippen molar-refractivity contribution in [2.24, 2.45) is 17.8 Å². The van der Waals surface area contributed by atoms with Crippen LogP contribution in [-0.2, 0) is 19.5 Å². The molecule has 2 aliphatic carbocycles. The van der Waals surface area contributed by atoms with Gasteiger partial charge < -0.3 is 6.42 Å². The van der Waals surface area contributed by atoms with Crippen LogP contribution in [0.15, 0.2) is 0 Å². The van der Waals surface area contributed by atoms with E-state index in [1.165, 1.54) is 51.4 Å². The van der Waals surface area contributed by atoms with Crippen LogP contribution in [0.4, 0.5) is 0 Å². The van der Waals surface area contributed by atoms with Crippen LogP contribution in [0.25, 0.3) is 0 Å². The fourth-order valence-corrected chi connectivity index (χ4v) is 3.18. The van der Waals surface area contributed by atoms with E-state index in [4.69, 9.17) is 0 Å². The molecule has 0 aromatic carbocycles. The van der Waals surface area contributed by atoms with Gasteiger partial charge in [0.25, 0.3) is 0 Å². The molecule has 0 radical (unpaired) electrons. The Kier molecular flexibility index (Phi) is 5.67. The molecule has 0 atom stereocenters. The van der Waals surface area contributed by atoms with Gasteiger partial charge in [-0.2, -0.15) is 12.8 Å². The number of hydrogen-bond acceptors (Lipinski definition) is 0. The molecule has 2 fully saturated rings. The maximum Gasteiger partial charge on any atom is 0 e. The zero-order chi connectivity index (χ0) is 9.10. The van der Waals surface area contributed by atoms with Crippen LogP contribution in [0.5, 0.6) is 0 Å². The van der Waals surface area contributed by atoms with Gasteiger partial charge in [-0.1, -0.05) is 32.6 Å². The summed E-state index contributed by atoms with van der Waals surface area (Å²) in [5.41, 5.74) is 0. The maximum atomic E-state index is 2.49. The van der Waals surface area contributed by atoms with Crippen molar-refractivity contribution in [2.75, 3.05) is 0 Å². The molecule has 2 rings (SSSR count). The van der Waals surface area contributed by atoms with Gasteiger partial charge in [-0.25, -0.2) is 0 Å². The molecule has 0 aliphatic heterocycles. The molecule has 2 saturated carbocycles. The summed E-state index contributed by atoms with van der Waals surface area (Å²) >= 11 is 0. The Bertz CT molecular complexity index is 141. The molecule has 0 heterocycles. The molecule has 0 aromatic heterocycles. The molecule has 0 saturated heterocycles. The Labute approximate surface area is 102 Å². The van der Waals surface area contributed by atoms with E-state index in [1.54, 1.807) is 0 Å². The zero-order valence-electron chi connectivity index (χ0n) is 9.67. The Morgan fingerprint density at radius 2 is 1.29 bits per heavy atom. The Morgan fingerprint density at radius 3 is 1.86 bits per heavy atom. The molecule has 0 aromatic rings. The van der Waals surface area contributed by atoms with E-state index in [2.05, 4.69) is 13.3 Å². The first kappa shape index (κ1) is 12.7. The summed E-state index contributed by atoms with van der Waals surface area (Å²) in [4.78, 5) is 0. The van der Waals surface area contributed by atoms with Crippen LogP contribution in [-0.4, -0.2) is 0 Å². The van der Waals surface area contributed by atoms with E-state index in [1.807, 2.05) is 0 Å². The topological polar surface area (TPSA) is 0 Å². The predicted molar refractivity (Wildman–Crippen MR) is 57.4 cm³/mol. The van der Waals surface area contributed by atoms with Gasteiger partial charge in [-0.3, -0.25) is 0 Å². The van der Waals surface area contributed by atoms with Crippen molar-refractivity contribution >= 4 is 0 Å². The minimum atomic E-state index is 0. The first-order chi connectivity index (χ1) is 6.36. The standard InChI is InChI=1S/C13H23.Zn/c1-11-7-9-13(10-8-11)12-5-3-2-4-6-12;/h2,11-13H,3-10H2,1H3;/q-1;. The Balaban J connectivity index is 0.000000980. The van der Waals surface area contributed by atoms with Gasteiger partial charge in [-0.15, -0.1) is 0 Å². The molecular weight excluding hydrogens is 222 g/mol. The molecule has 1 heteroatoms. The number of hydrogen-bond donors (Lipinski definition) is 0. The second kappa shape index (κ2) is 6.26. The zero-order valence-corrected chi connectivity index (χ0v) is 12.6. The largest absolute Gasteiger partial charge is 0.328 e. The van der Waals surface area contributed by atoms with Crippen molar-refractivity contribution in [1.82, 2.24) is 0 Å². The third-order valence-electron chi connectivity index (χ3n) is 4.21. The van der Waals surface area contributed by atoms with E-state index in [0.29, 0.717) is 0 Å². The summed E-state index contributed by atoms with van der Waals surface area (Å²) in [6.45, 7) is 2.42. The van der Waals surface area contributed by atoms with Gasteiger partial charge in [0.1, 0.15) is 0 Å². The third kappa shape index (κ3) is 3.33. The molecule has 0 nitrogen and oxygen atoms in total. The quantitative estimate of drug-likeness (QED) is 0.479. The van der Waals surface area contributed by atoms with Crippen LogP contribution in [0, 0.1) is 24.2 Å². The molecular formula is C13H23Zn-. The molecule has 0 spiro atoms. The first-order valence-corrected chi connectivity index (χ1v) is 6.18. The van der Waals surface area contributed by atoms with Gasteiger partial charge in [0.2, 0.25) is 0 Å². The van der Waals surface area contributed by atoms with E-state index >= 15 is 0 Å². The van der Waals surface area contributed by atoms with Gasteiger partial charge >= 0.3 is 0 Å². The van der Waals surface area contributed by atoms with Crippen LogP contribution in [0.1, 0.15) is 58.3 Å². The maximum absolute atomic E-state index is 2.49. The average molecular weight is 245 g/mol. The van der Waals surface area contributed by atoms with Crippen LogP contribution in [0.2, 0.25) is 0 Å². The molecule has 0 unspecified atom stereocenters. The van der Waals surface area contributed by atoms with Gasteiger partial charge in [0, 0.05) is 19.5 Å². The third-order valence-corrected chi connectivity index (χ3v) is 4.21. The molecule has 78 valence electrons. The fourth-order valence-electron chi connectivity index (χ4n) is 3.18. The monoisotopic (exact) mass is 243 g/mol. The predicted octanol–water partition coefficient (Wildman–Crippen LogP) is 4.20. The van der Waals surface area contributed by atoms with Crippen LogP contribution < -0.4 is 0 Å². The molecule has 0 bridgehead atoms. The Morgan fingerprint density at radius 1 is 0.786 bits per heavy atom. The molecule has 0 amide bonds. The van der Waals surface area contributed by atoms with Crippen molar-refractivity contribution in [3.8, 4) is 0 Å². The summed E-state index contributed by atoms with van der Waals surface area (Å²) in [5, 5.41) is 0. The molecule has 0 N–H and O–H groups in total. The smallest absolute Gasteiger partial charge is 0 e. The van der Waals surface area contributed by atoms with Gasteiger partial charge in [0.15, 0.2) is 0 Å².